The Morgan fingerprint density at radius 3 is 2.24 bits per heavy atom. The van der Waals surface area contributed by atoms with Gasteiger partial charge in [0.1, 0.15) is 6.04 Å². The number of nitrogens with zero attached hydrogens (tertiary/aromatic N) is 2. The first-order valence-electron chi connectivity index (χ1n) is 13.3. The second-order valence-corrected chi connectivity index (χ2v) is 9.70. The van der Waals surface area contributed by atoms with Crippen LogP contribution in [-0.2, 0) is 27.2 Å². The van der Waals surface area contributed by atoms with Crippen LogP contribution >= 0.6 is 0 Å². The van der Waals surface area contributed by atoms with Crippen molar-refractivity contribution in [2.45, 2.75) is 57.2 Å². The first-order valence-corrected chi connectivity index (χ1v) is 13.3. The monoisotopic (exact) mass is 507 g/mol. The molecular formula is C29H41N5O3. The number of benzene rings is 2. The molecule has 3 amide bonds. The van der Waals surface area contributed by atoms with E-state index in [2.05, 4.69) is 10.6 Å². The molecule has 2 aromatic carbocycles. The molecule has 3 atom stereocenters. The maximum absolute atomic E-state index is 13.8. The number of carbonyl (C=O) groups excluding carboxylic acids is 3. The molecule has 1 heterocycles. The molecule has 1 aliphatic rings. The van der Waals surface area contributed by atoms with Crippen molar-refractivity contribution in [2.75, 3.05) is 33.2 Å². The molecule has 4 N–H and O–H groups in total. The number of nitrogens with two attached hydrogens (primary N) is 1. The summed E-state index contributed by atoms with van der Waals surface area (Å²) in [6.45, 7) is 3.32. The highest BCUT2D eigenvalue weighted by Crippen LogP contribution is 2.21. The summed E-state index contributed by atoms with van der Waals surface area (Å²) in [5.41, 5.74) is 8.00. The molecule has 1 aliphatic heterocycles. The minimum atomic E-state index is -0.632. The largest absolute Gasteiger partial charge is 0.343 e. The Kier molecular flexibility index (Phi) is 11.1. The van der Waals surface area contributed by atoms with Crippen LogP contribution in [0, 0.1) is 0 Å². The smallest absolute Gasteiger partial charge is 0.245 e. The molecule has 3 rings (SSSR count). The van der Waals surface area contributed by atoms with Gasteiger partial charge in [0.2, 0.25) is 17.7 Å². The van der Waals surface area contributed by atoms with Crippen LogP contribution in [-0.4, -0.2) is 78.9 Å². The van der Waals surface area contributed by atoms with Crippen molar-refractivity contribution in [1.82, 2.24) is 20.4 Å². The van der Waals surface area contributed by atoms with Crippen LogP contribution in [0.3, 0.4) is 0 Å². The zero-order valence-electron chi connectivity index (χ0n) is 22.1. The predicted molar refractivity (Wildman–Crippen MR) is 146 cm³/mol. The zero-order valence-corrected chi connectivity index (χ0v) is 22.1. The number of amides is 3. The lowest BCUT2D eigenvalue weighted by molar-refractivity contribution is -0.139. The summed E-state index contributed by atoms with van der Waals surface area (Å²) in [5.74, 6) is -0.405. The molecule has 8 nitrogen and oxygen atoms in total. The number of rotatable bonds is 13. The molecule has 2 aromatic rings. The molecule has 0 saturated carbocycles. The van der Waals surface area contributed by atoms with Crippen molar-refractivity contribution >= 4 is 17.7 Å². The Bertz CT molecular complexity index is 1000. The summed E-state index contributed by atoms with van der Waals surface area (Å²) < 4.78 is 0. The number of likely N-dealkylation sites (tertiary alicyclic amines) is 1. The average Bonchev–Trinajstić information content (AvgIpc) is 3.41. The van der Waals surface area contributed by atoms with Gasteiger partial charge in [0.25, 0.3) is 0 Å². The van der Waals surface area contributed by atoms with Gasteiger partial charge in [-0.2, -0.15) is 0 Å². The van der Waals surface area contributed by atoms with E-state index in [0.29, 0.717) is 32.5 Å². The molecule has 0 radical (unpaired) electrons. The molecule has 0 spiro atoms. The molecular weight excluding hydrogens is 466 g/mol. The van der Waals surface area contributed by atoms with Crippen molar-refractivity contribution in [2.24, 2.45) is 5.73 Å². The van der Waals surface area contributed by atoms with Gasteiger partial charge in [0.15, 0.2) is 0 Å². The lowest BCUT2D eigenvalue weighted by Crippen LogP contribution is -2.55. The van der Waals surface area contributed by atoms with Gasteiger partial charge in [-0.15, -0.1) is 0 Å². The van der Waals surface area contributed by atoms with E-state index in [9.17, 15) is 14.4 Å². The van der Waals surface area contributed by atoms with Gasteiger partial charge in [-0.3, -0.25) is 14.4 Å². The van der Waals surface area contributed by atoms with E-state index in [1.807, 2.05) is 65.6 Å². The quantitative estimate of drug-likeness (QED) is 0.383. The fourth-order valence-electron chi connectivity index (χ4n) is 4.77. The van der Waals surface area contributed by atoms with E-state index in [4.69, 9.17) is 5.73 Å². The van der Waals surface area contributed by atoms with Gasteiger partial charge in [0, 0.05) is 25.7 Å². The third-order valence-electron chi connectivity index (χ3n) is 7.14. The van der Waals surface area contributed by atoms with Crippen LogP contribution in [0.5, 0.6) is 0 Å². The van der Waals surface area contributed by atoms with Crippen LogP contribution in [0.15, 0.2) is 60.7 Å². The maximum Gasteiger partial charge on any atom is 0.245 e. The summed E-state index contributed by atoms with van der Waals surface area (Å²) in [4.78, 5) is 42.8. The molecule has 1 fully saturated rings. The van der Waals surface area contributed by atoms with E-state index in [0.717, 1.165) is 30.4 Å². The van der Waals surface area contributed by atoms with Gasteiger partial charge in [-0.25, -0.2) is 0 Å². The lowest BCUT2D eigenvalue weighted by atomic mass is 10.0. The minimum Gasteiger partial charge on any atom is -0.343 e. The van der Waals surface area contributed by atoms with Gasteiger partial charge in [-0.1, -0.05) is 60.7 Å². The van der Waals surface area contributed by atoms with Gasteiger partial charge >= 0.3 is 0 Å². The van der Waals surface area contributed by atoms with Crippen LogP contribution in [0.25, 0.3) is 0 Å². The van der Waals surface area contributed by atoms with Gasteiger partial charge < -0.3 is 26.2 Å². The van der Waals surface area contributed by atoms with E-state index < -0.39 is 12.1 Å². The second-order valence-electron chi connectivity index (χ2n) is 9.70. The fraction of sp³-hybridized carbons (Fsp3) is 0.483. The number of aryl methyl sites for hydroxylation is 1. The van der Waals surface area contributed by atoms with Crippen LogP contribution in [0.2, 0.25) is 0 Å². The first kappa shape index (κ1) is 28.3. The number of nitrogens with one attached hydrogen (secondary N) is 2. The van der Waals surface area contributed by atoms with Crippen molar-refractivity contribution in [3.05, 3.63) is 71.8 Å². The molecule has 1 saturated heterocycles. The summed E-state index contributed by atoms with van der Waals surface area (Å²) in [6, 6.07) is 18.9. The molecule has 0 unspecified atom stereocenters. The molecule has 37 heavy (non-hydrogen) atoms. The zero-order chi connectivity index (χ0) is 26.6. The maximum atomic E-state index is 13.8. The van der Waals surface area contributed by atoms with Crippen LogP contribution in [0.4, 0.5) is 0 Å². The summed E-state index contributed by atoms with van der Waals surface area (Å²) in [7, 11) is 1.72. The van der Waals surface area contributed by atoms with Gasteiger partial charge in [0.05, 0.1) is 12.6 Å². The lowest BCUT2D eigenvalue weighted by Gasteiger charge is -2.33. The fourth-order valence-corrected chi connectivity index (χ4v) is 4.77. The van der Waals surface area contributed by atoms with E-state index in [1.165, 1.54) is 0 Å². The Hall–Kier alpha value is -3.23. The normalized spacial score (nSPS) is 16.7. The molecule has 0 aromatic heterocycles. The highest BCUT2D eigenvalue weighted by Gasteiger charge is 2.35. The summed E-state index contributed by atoms with van der Waals surface area (Å²) in [6.07, 6.45) is 3.60. The van der Waals surface area contributed by atoms with Crippen molar-refractivity contribution < 1.29 is 14.4 Å². The van der Waals surface area contributed by atoms with Crippen LogP contribution < -0.4 is 16.4 Å². The third kappa shape index (κ3) is 8.40. The predicted octanol–water partition coefficient (Wildman–Crippen LogP) is 1.73. The van der Waals surface area contributed by atoms with E-state index >= 15 is 0 Å². The average molecular weight is 508 g/mol. The molecule has 8 heteroatoms. The Morgan fingerprint density at radius 2 is 1.65 bits per heavy atom. The van der Waals surface area contributed by atoms with Crippen molar-refractivity contribution in [1.29, 1.82) is 0 Å². The van der Waals surface area contributed by atoms with E-state index in [-0.39, 0.29) is 30.3 Å². The summed E-state index contributed by atoms with van der Waals surface area (Å²) >= 11 is 0. The van der Waals surface area contributed by atoms with Gasteiger partial charge in [-0.05, 0) is 57.2 Å². The Balaban J connectivity index is 1.70. The second kappa shape index (κ2) is 14.5. The first-order chi connectivity index (χ1) is 17.9. The number of likely N-dealkylation sites (N-methyl/N-ethyl adjacent to an activating group) is 1. The molecule has 200 valence electrons. The van der Waals surface area contributed by atoms with Crippen LogP contribution in [0.1, 0.15) is 37.3 Å². The standard InChI is InChI=1S/C29H41N5O3/c1-22(31-2)28(36)32-26(16-15-23-10-5-3-6-11-23)29(37)34-18-9-14-25(34)21-33(27(35)20-30)19-17-24-12-7-4-8-13-24/h3-8,10-13,22,25-26,31H,9,14-21,30H2,1-2H3,(H,32,36)/t22-,25-,26-/m0/s1. The van der Waals surface area contributed by atoms with Crippen molar-refractivity contribution in [3.8, 4) is 0 Å². The highest BCUT2D eigenvalue weighted by atomic mass is 16.2. The Labute approximate surface area is 220 Å². The number of hydrogen-bond donors (Lipinski definition) is 3. The van der Waals surface area contributed by atoms with Crippen molar-refractivity contribution in [3.63, 3.8) is 0 Å². The topological polar surface area (TPSA) is 108 Å². The third-order valence-corrected chi connectivity index (χ3v) is 7.14. The van der Waals surface area contributed by atoms with E-state index in [1.54, 1.807) is 18.9 Å². The molecule has 0 aliphatic carbocycles. The number of hydrogen-bond acceptors (Lipinski definition) is 5. The SMILES string of the molecule is CN[C@@H](C)C(=O)N[C@@H](CCc1ccccc1)C(=O)N1CCC[C@H]1CN(CCc1ccccc1)C(=O)CN. The minimum absolute atomic E-state index is 0.0624. The summed E-state index contributed by atoms with van der Waals surface area (Å²) in [5, 5.41) is 5.92. The number of carbonyl (C=O) groups is 3. The molecule has 0 bridgehead atoms. The highest BCUT2D eigenvalue weighted by molar-refractivity contribution is 5.90. The Morgan fingerprint density at radius 1 is 1.03 bits per heavy atom.